The first kappa shape index (κ1) is 14.7. The number of tetrazole rings is 1. The molecule has 0 unspecified atom stereocenters. The van der Waals surface area contributed by atoms with E-state index in [9.17, 15) is 0 Å². The van der Waals surface area contributed by atoms with Crippen molar-refractivity contribution in [3.63, 3.8) is 0 Å². The van der Waals surface area contributed by atoms with E-state index in [1.807, 2.05) is 30.3 Å². The van der Waals surface area contributed by atoms with Crippen molar-refractivity contribution in [2.24, 2.45) is 5.92 Å². The molecule has 2 aromatic rings. The van der Waals surface area contributed by atoms with E-state index in [-0.39, 0.29) is 0 Å². The fraction of sp³-hybridized carbons (Fsp3) is 0.533. The van der Waals surface area contributed by atoms with Gasteiger partial charge in [-0.15, -0.1) is 10.2 Å². The van der Waals surface area contributed by atoms with E-state index in [4.69, 9.17) is 0 Å². The van der Waals surface area contributed by atoms with Crippen LogP contribution < -0.4 is 5.32 Å². The summed E-state index contributed by atoms with van der Waals surface area (Å²) in [5.74, 6) is 1.41. The maximum atomic E-state index is 4.40. The Morgan fingerprint density at radius 1 is 1.15 bits per heavy atom. The van der Waals surface area contributed by atoms with Crippen molar-refractivity contribution in [3.05, 3.63) is 30.3 Å². The van der Waals surface area contributed by atoms with Crippen LogP contribution in [0.2, 0.25) is 0 Å². The molecule has 1 N–H and O–H groups in total. The monoisotopic (exact) mass is 273 g/mol. The lowest BCUT2D eigenvalue weighted by Gasteiger charge is -2.06. The highest BCUT2D eigenvalue weighted by Gasteiger charge is 2.04. The van der Waals surface area contributed by atoms with Crippen molar-refractivity contribution in [1.29, 1.82) is 0 Å². The van der Waals surface area contributed by atoms with Crippen molar-refractivity contribution in [2.45, 2.75) is 33.2 Å². The summed E-state index contributed by atoms with van der Waals surface area (Å²) in [5, 5.41) is 16.0. The predicted molar refractivity (Wildman–Crippen MR) is 80.2 cm³/mol. The third-order valence-corrected chi connectivity index (χ3v) is 3.00. The molecule has 0 aliphatic rings. The molecule has 1 aromatic heterocycles. The van der Waals surface area contributed by atoms with Crippen molar-refractivity contribution in [1.82, 2.24) is 25.5 Å². The van der Waals surface area contributed by atoms with Gasteiger partial charge in [-0.2, -0.15) is 4.80 Å². The molecule has 108 valence electrons. The third kappa shape index (κ3) is 4.74. The van der Waals surface area contributed by atoms with E-state index < -0.39 is 0 Å². The molecule has 1 heterocycles. The van der Waals surface area contributed by atoms with E-state index in [1.165, 1.54) is 0 Å². The Morgan fingerprint density at radius 2 is 1.95 bits per heavy atom. The predicted octanol–water partition coefficient (Wildman–Crippen LogP) is 2.37. The third-order valence-electron chi connectivity index (χ3n) is 3.00. The molecule has 0 fully saturated rings. The van der Waals surface area contributed by atoms with Crippen LogP contribution in [-0.2, 0) is 6.54 Å². The van der Waals surface area contributed by atoms with Gasteiger partial charge in [0.25, 0.3) is 0 Å². The molecule has 1 aromatic carbocycles. The van der Waals surface area contributed by atoms with E-state index >= 15 is 0 Å². The van der Waals surface area contributed by atoms with Crippen molar-refractivity contribution in [2.75, 3.05) is 13.1 Å². The second-order valence-electron chi connectivity index (χ2n) is 5.38. The van der Waals surface area contributed by atoms with Crippen LogP contribution in [0.4, 0.5) is 0 Å². The molecule has 0 saturated carbocycles. The van der Waals surface area contributed by atoms with E-state index in [0.717, 1.165) is 38.0 Å². The van der Waals surface area contributed by atoms with Crippen LogP contribution in [0.1, 0.15) is 26.7 Å². The number of aromatic nitrogens is 4. The smallest absolute Gasteiger partial charge is 0.204 e. The Hall–Kier alpha value is -1.75. The summed E-state index contributed by atoms with van der Waals surface area (Å²) in [5.41, 5.74) is 1.01. The second-order valence-corrected chi connectivity index (χ2v) is 5.38. The highest BCUT2D eigenvalue weighted by molar-refractivity contribution is 5.52. The average molecular weight is 273 g/mol. The molecular formula is C15H23N5. The van der Waals surface area contributed by atoms with Crippen LogP contribution >= 0.6 is 0 Å². The van der Waals surface area contributed by atoms with Gasteiger partial charge in [0.1, 0.15) is 0 Å². The van der Waals surface area contributed by atoms with Crippen LogP contribution in [0.5, 0.6) is 0 Å². The van der Waals surface area contributed by atoms with Gasteiger partial charge in [-0.05, 0) is 37.1 Å². The molecule has 0 spiro atoms. The van der Waals surface area contributed by atoms with E-state index in [2.05, 4.69) is 34.6 Å². The van der Waals surface area contributed by atoms with Crippen LogP contribution in [-0.4, -0.2) is 33.3 Å². The Labute approximate surface area is 120 Å². The first-order chi connectivity index (χ1) is 9.75. The number of aryl methyl sites for hydroxylation is 1. The van der Waals surface area contributed by atoms with Crippen molar-refractivity contribution < 1.29 is 0 Å². The fourth-order valence-corrected chi connectivity index (χ4v) is 1.93. The summed E-state index contributed by atoms with van der Waals surface area (Å²) < 4.78 is 0. The molecule has 0 amide bonds. The Morgan fingerprint density at radius 3 is 2.70 bits per heavy atom. The van der Waals surface area contributed by atoms with E-state index in [0.29, 0.717) is 11.7 Å². The summed E-state index contributed by atoms with van der Waals surface area (Å²) in [7, 11) is 0. The molecule has 2 rings (SSSR count). The molecule has 5 heteroatoms. The first-order valence-corrected chi connectivity index (χ1v) is 7.29. The number of benzene rings is 1. The first-order valence-electron chi connectivity index (χ1n) is 7.29. The van der Waals surface area contributed by atoms with Gasteiger partial charge in [0.2, 0.25) is 5.82 Å². The van der Waals surface area contributed by atoms with Gasteiger partial charge in [-0.1, -0.05) is 44.2 Å². The van der Waals surface area contributed by atoms with E-state index in [1.54, 1.807) is 4.80 Å². The summed E-state index contributed by atoms with van der Waals surface area (Å²) in [6, 6.07) is 9.94. The topological polar surface area (TPSA) is 55.6 Å². The Bertz CT molecular complexity index is 492. The minimum absolute atomic E-state index is 0.698. The lowest BCUT2D eigenvalue weighted by Crippen LogP contribution is -2.21. The quantitative estimate of drug-likeness (QED) is 0.750. The van der Waals surface area contributed by atoms with Gasteiger partial charge in [-0.3, -0.25) is 0 Å². The maximum absolute atomic E-state index is 4.40. The average Bonchev–Trinajstić information content (AvgIpc) is 2.92. The Kier molecular flexibility index (Phi) is 5.68. The molecule has 0 aliphatic heterocycles. The molecule has 5 nitrogen and oxygen atoms in total. The highest BCUT2D eigenvalue weighted by Crippen LogP contribution is 2.11. The number of hydrogen-bond acceptors (Lipinski definition) is 4. The number of unbranched alkanes of at least 4 members (excludes halogenated alkanes) is 1. The minimum Gasteiger partial charge on any atom is -0.316 e. The number of nitrogens with zero attached hydrogens (tertiary/aromatic N) is 4. The molecule has 0 saturated heterocycles. The standard InChI is InChI=1S/C15H23N5/c1-13(2)12-16-10-6-7-11-20-18-15(17-19-20)14-8-4-3-5-9-14/h3-5,8-9,13,16H,6-7,10-12H2,1-2H3. The van der Waals surface area contributed by atoms with Crippen molar-refractivity contribution in [3.8, 4) is 11.4 Å². The lowest BCUT2D eigenvalue weighted by molar-refractivity contribution is 0.470. The fourth-order valence-electron chi connectivity index (χ4n) is 1.93. The van der Waals surface area contributed by atoms with Crippen molar-refractivity contribution >= 4 is 0 Å². The van der Waals surface area contributed by atoms with Gasteiger partial charge >= 0.3 is 0 Å². The van der Waals surface area contributed by atoms with Gasteiger partial charge in [0.15, 0.2) is 0 Å². The molecule has 0 aliphatic carbocycles. The zero-order valence-corrected chi connectivity index (χ0v) is 12.3. The highest BCUT2D eigenvalue weighted by atomic mass is 15.6. The summed E-state index contributed by atoms with van der Waals surface area (Å²) in [6.45, 7) is 7.40. The summed E-state index contributed by atoms with van der Waals surface area (Å²) in [6.07, 6.45) is 2.20. The Balaban J connectivity index is 1.71. The van der Waals surface area contributed by atoms with Crippen LogP contribution in [0, 0.1) is 5.92 Å². The maximum Gasteiger partial charge on any atom is 0.204 e. The minimum atomic E-state index is 0.698. The molecule has 0 radical (unpaired) electrons. The SMILES string of the molecule is CC(C)CNCCCCn1nnc(-c2ccccc2)n1. The molecule has 0 bridgehead atoms. The lowest BCUT2D eigenvalue weighted by atomic mass is 10.2. The largest absolute Gasteiger partial charge is 0.316 e. The van der Waals surface area contributed by atoms with Gasteiger partial charge in [-0.25, -0.2) is 0 Å². The normalized spacial score (nSPS) is 11.2. The van der Waals surface area contributed by atoms with Crippen LogP contribution in [0.3, 0.4) is 0 Å². The zero-order chi connectivity index (χ0) is 14.2. The molecule has 20 heavy (non-hydrogen) atoms. The molecule has 0 atom stereocenters. The van der Waals surface area contributed by atoms with Gasteiger partial charge < -0.3 is 5.32 Å². The van der Waals surface area contributed by atoms with Crippen LogP contribution in [0.25, 0.3) is 11.4 Å². The number of rotatable bonds is 8. The van der Waals surface area contributed by atoms with Gasteiger partial charge in [0, 0.05) is 5.56 Å². The van der Waals surface area contributed by atoms with Gasteiger partial charge in [0.05, 0.1) is 6.54 Å². The number of hydrogen-bond donors (Lipinski definition) is 1. The second kappa shape index (κ2) is 7.75. The molecular weight excluding hydrogens is 250 g/mol. The zero-order valence-electron chi connectivity index (χ0n) is 12.3. The summed E-state index contributed by atoms with van der Waals surface area (Å²) in [4.78, 5) is 1.69. The van der Waals surface area contributed by atoms with Crippen LogP contribution in [0.15, 0.2) is 30.3 Å². The number of nitrogens with one attached hydrogen (secondary N) is 1. The summed E-state index contributed by atoms with van der Waals surface area (Å²) >= 11 is 0.